The highest BCUT2D eigenvalue weighted by Crippen LogP contribution is 2.24. The maximum atomic E-state index is 5.84. The molecule has 1 aliphatic heterocycles. The van der Waals surface area contributed by atoms with Crippen LogP contribution in [0.4, 0.5) is 0 Å². The van der Waals surface area contributed by atoms with Gasteiger partial charge in [0, 0.05) is 16.6 Å². The van der Waals surface area contributed by atoms with Crippen molar-refractivity contribution in [2.75, 3.05) is 13.2 Å². The minimum Gasteiger partial charge on any atom is -0.370 e. The summed E-state index contributed by atoms with van der Waals surface area (Å²) in [5.74, 6) is 0. The van der Waals surface area contributed by atoms with Gasteiger partial charge < -0.3 is 10.1 Å². The maximum Gasteiger partial charge on any atom is 0.0950 e. The quantitative estimate of drug-likeness (QED) is 0.847. The van der Waals surface area contributed by atoms with E-state index >= 15 is 0 Å². The van der Waals surface area contributed by atoms with E-state index < -0.39 is 0 Å². The van der Waals surface area contributed by atoms with E-state index in [9.17, 15) is 0 Å². The molecule has 0 amide bonds. The Morgan fingerprint density at radius 2 is 2.00 bits per heavy atom. The smallest absolute Gasteiger partial charge is 0.0950 e. The van der Waals surface area contributed by atoms with Crippen LogP contribution in [0.2, 0.25) is 0 Å². The van der Waals surface area contributed by atoms with E-state index in [0.29, 0.717) is 0 Å². The Balaban J connectivity index is 2.04. The fourth-order valence-electron chi connectivity index (χ4n) is 1.68. The van der Waals surface area contributed by atoms with E-state index in [4.69, 9.17) is 4.74 Å². The van der Waals surface area contributed by atoms with Gasteiger partial charge in [0.25, 0.3) is 0 Å². The molecule has 0 saturated carbocycles. The van der Waals surface area contributed by atoms with Gasteiger partial charge in [-0.1, -0.05) is 28.1 Å². The lowest BCUT2D eigenvalue weighted by atomic mass is 10.0. The van der Waals surface area contributed by atoms with Crippen molar-refractivity contribution >= 4 is 15.9 Å². The molecule has 0 spiro atoms. The van der Waals surface area contributed by atoms with E-state index in [1.165, 1.54) is 5.56 Å². The van der Waals surface area contributed by atoms with Crippen LogP contribution in [0.15, 0.2) is 28.7 Å². The first-order valence-electron chi connectivity index (χ1n) is 5.19. The number of morpholine rings is 1. The second-order valence-corrected chi connectivity index (χ2v) is 5.53. The molecule has 1 unspecified atom stereocenters. The van der Waals surface area contributed by atoms with Crippen molar-refractivity contribution in [3.05, 3.63) is 34.3 Å². The number of halogens is 1. The molecule has 1 aliphatic rings. The molecular formula is C12H16BrNO. The van der Waals surface area contributed by atoms with Gasteiger partial charge in [0.2, 0.25) is 0 Å². The van der Waals surface area contributed by atoms with Gasteiger partial charge in [-0.15, -0.1) is 0 Å². The van der Waals surface area contributed by atoms with Crippen molar-refractivity contribution in [1.29, 1.82) is 0 Å². The summed E-state index contributed by atoms with van der Waals surface area (Å²) in [6.45, 7) is 5.96. The van der Waals surface area contributed by atoms with Gasteiger partial charge in [-0.2, -0.15) is 0 Å². The molecular weight excluding hydrogens is 254 g/mol. The van der Waals surface area contributed by atoms with E-state index in [1.54, 1.807) is 0 Å². The molecule has 1 heterocycles. The van der Waals surface area contributed by atoms with Crippen LogP contribution in [0, 0.1) is 0 Å². The van der Waals surface area contributed by atoms with Crippen LogP contribution in [0.25, 0.3) is 0 Å². The van der Waals surface area contributed by atoms with Crippen molar-refractivity contribution < 1.29 is 4.74 Å². The van der Waals surface area contributed by atoms with Crippen LogP contribution in [-0.2, 0) is 4.74 Å². The van der Waals surface area contributed by atoms with Crippen LogP contribution in [0.5, 0.6) is 0 Å². The highest BCUT2D eigenvalue weighted by molar-refractivity contribution is 9.10. The zero-order valence-corrected chi connectivity index (χ0v) is 10.7. The summed E-state index contributed by atoms with van der Waals surface area (Å²) in [7, 11) is 0. The summed E-state index contributed by atoms with van der Waals surface area (Å²) >= 11 is 3.43. The molecule has 0 radical (unpaired) electrons. The van der Waals surface area contributed by atoms with Crippen molar-refractivity contribution in [2.24, 2.45) is 0 Å². The molecule has 2 nitrogen and oxygen atoms in total. The van der Waals surface area contributed by atoms with E-state index in [0.717, 1.165) is 17.6 Å². The van der Waals surface area contributed by atoms with Crippen molar-refractivity contribution in [2.45, 2.75) is 25.5 Å². The third-order valence-electron chi connectivity index (χ3n) is 2.65. The van der Waals surface area contributed by atoms with Gasteiger partial charge in [0.1, 0.15) is 0 Å². The highest BCUT2D eigenvalue weighted by Gasteiger charge is 2.27. The van der Waals surface area contributed by atoms with Crippen LogP contribution in [0.1, 0.15) is 25.5 Å². The number of hydrogen-bond acceptors (Lipinski definition) is 2. The van der Waals surface area contributed by atoms with Crippen LogP contribution in [0.3, 0.4) is 0 Å². The minimum absolute atomic E-state index is 0.103. The number of ether oxygens (including phenoxy) is 1. The van der Waals surface area contributed by atoms with Crippen LogP contribution >= 0.6 is 15.9 Å². The van der Waals surface area contributed by atoms with Crippen molar-refractivity contribution in [3.8, 4) is 0 Å². The zero-order chi connectivity index (χ0) is 10.9. The fourth-order valence-corrected chi connectivity index (χ4v) is 1.94. The minimum atomic E-state index is 0.103. The number of benzene rings is 1. The van der Waals surface area contributed by atoms with Gasteiger partial charge >= 0.3 is 0 Å². The normalized spacial score (nSPS) is 25.1. The first-order chi connectivity index (χ1) is 7.07. The summed E-state index contributed by atoms with van der Waals surface area (Å²) in [5, 5.41) is 3.48. The molecule has 3 heteroatoms. The first-order valence-corrected chi connectivity index (χ1v) is 5.98. The molecule has 1 aromatic carbocycles. The van der Waals surface area contributed by atoms with Gasteiger partial charge in [-0.3, -0.25) is 0 Å². The molecule has 2 rings (SSSR count). The Morgan fingerprint density at radius 1 is 1.33 bits per heavy atom. The predicted molar refractivity (Wildman–Crippen MR) is 64.9 cm³/mol. The average molecular weight is 270 g/mol. The summed E-state index contributed by atoms with van der Waals surface area (Å²) in [4.78, 5) is 0. The zero-order valence-electron chi connectivity index (χ0n) is 9.09. The molecule has 15 heavy (non-hydrogen) atoms. The maximum absolute atomic E-state index is 5.84. The monoisotopic (exact) mass is 269 g/mol. The Kier molecular flexibility index (Phi) is 3.14. The van der Waals surface area contributed by atoms with E-state index in [-0.39, 0.29) is 11.6 Å². The van der Waals surface area contributed by atoms with Crippen molar-refractivity contribution in [1.82, 2.24) is 5.32 Å². The number of nitrogens with one attached hydrogen (secondary N) is 1. The summed E-state index contributed by atoms with van der Waals surface area (Å²) in [5.41, 5.74) is 1.34. The molecule has 82 valence electrons. The number of rotatable bonds is 1. The fraction of sp³-hybridized carbons (Fsp3) is 0.500. The van der Waals surface area contributed by atoms with Crippen LogP contribution in [-0.4, -0.2) is 18.7 Å². The Morgan fingerprint density at radius 3 is 2.53 bits per heavy atom. The summed E-state index contributed by atoms with van der Waals surface area (Å²) < 4.78 is 6.95. The number of hydrogen-bond donors (Lipinski definition) is 1. The SMILES string of the molecule is CC1(C)COC(c2ccc(Br)cc2)CN1. The third kappa shape index (κ3) is 2.80. The molecule has 1 atom stereocenters. The molecule has 1 aromatic rings. The Labute approximate surface area is 99.1 Å². The molecule has 0 aliphatic carbocycles. The molecule has 0 aromatic heterocycles. The Bertz CT molecular complexity index is 324. The van der Waals surface area contributed by atoms with Gasteiger partial charge in [-0.05, 0) is 31.5 Å². The predicted octanol–water partition coefficient (Wildman–Crippen LogP) is 2.89. The van der Waals surface area contributed by atoms with Gasteiger partial charge in [0.15, 0.2) is 0 Å². The lowest BCUT2D eigenvalue weighted by Gasteiger charge is -2.36. The van der Waals surface area contributed by atoms with Crippen molar-refractivity contribution in [3.63, 3.8) is 0 Å². The lowest BCUT2D eigenvalue weighted by molar-refractivity contribution is -0.0228. The van der Waals surface area contributed by atoms with Gasteiger partial charge in [-0.25, -0.2) is 0 Å². The molecule has 0 bridgehead atoms. The lowest BCUT2D eigenvalue weighted by Crippen LogP contribution is -2.50. The average Bonchev–Trinajstić information content (AvgIpc) is 2.20. The largest absolute Gasteiger partial charge is 0.370 e. The molecule has 1 saturated heterocycles. The second-order valence-electron chi connectivity index (χ2n) is 4.62. The van der Waals surface area contributed by atoms with Crippen LogP contribution < -0.4 is 5.32 Å². The van der Waals surface area contributed by atoms with E-state index in [1.807, 2.05) is 0 Å². The highest BCUT2D eigenvalue weighted by atomic mass is 79.9. The van der Waals surface area contributed by atoms with E-state index in [2.05, 4.69) is 59.4 Å². The summed E-state index contributed by atoms with van der Waals surface area (Å²) in [6.07, 6.45) is 0.186. The third-order valence-corrected chi connectivity index (χ3v) is 3.18. The topological polar surface area (TPSA) is 21.3 Å². The second kappa shape index (κ2) is 4.24. The Hall–Kier alpha value is -0.380. The standard InChI is InChI=1S/C12H16BrNO/c1-12(2)8-15-11(7-14-12)9-3-5-10(13)6-4-9/h3-6,11,14H,7-8H2,1-2H3. The molecule has 1 N–H and O–H groups in total. The molecule has 1 fully saturated rings. The van der Waals surface area contributed by atoms with Gasteiger partial charge in [0.05, 0.1) is 12.7 Å². The summed E-state index contributed by atoms with van der Waals surface area (Å²) in [6, 6.07) is 8.32. The first kappa shape index (κ1) is 11.1.